The Morgan fingerprint density at radius 3 is 1.78 bits per heavy atom. The Morgan fingerprint density at radius 1 is 0.760 bits per heavy atom. The van der Waals surface area contributed by atoms with Crippen LogP contribution >= 0.6 is 0 Å². The quantitative estimate of drug-likeness (QED) is 0.265. The molecule has 3 aliphatic rings. The molecule has 14 heteroatoms. The molecule has 2 aromatic carbocycles. The zero-order valence-electron chi connectivity index (χ0n) is 28.4. The van der Waals surface area contributed by atoms with Crippen molar-refractivity contribution in [2.75, 3.05) is 52.4 Å². The van der Waals surface area contributed by atoms with Crippen molar-refractivity contribution in [2.45, 2.75) is 45.2 Å². The zero-order valence-corrected chi connectivity index (χ0v) is 28.4. The number of carboxylic acid groups (broad SMARTS) is 4. The van der Waals surface area contributed by atoms with Crippen molar-refractivity contribution in [3.8, 4) is 0 Å². The number of piperazine rings is 1. The van der Waals surface area contributed by atoms with Gasteiger partial charge in [-0.3, -0.25) is 9.80 Å². The van der Waals surface area contributed by atoms with Gasteiger partial charge < -0.3 is 30.2 Å². The maximum absolute atomic E-state index is 13.5. The van der Waals surface area contributed by atoms with Gasteiger partial charge in [0.2, 0.25) is 0 Å². The van der Waals surface area contributed by atoms with Crippen molar-refractivity contribution in [3.63, 3.8) is 0 Å². The largest absolute Gasteiger partial charge is 0.478 e. The van der Waals surface area contributed by atoms with E-state index in [2.05, 4.69) is 48.8 Å². The number of nitrogens with zero attached hydrogens (tertiary/aromatic N) is 4. The van der Waals surface area contributed by atoms with Gasteiger partial charge in [0.15, 0.2) is 0 Å². The van der Waals surface area contributed by atoms with Crippen molar-refractivity contribution < 1.29 is 48.8 Å². The van der Waals surface area contributed by atoms with Crippen molar-refractivity contribution >= 4 is 29.9 Å². The van der Waals surface area contributed by atoms with Crippen LogP contribution in [0.1, 0.15) is 54.5 Å². The maximum Gasteiger partial charge on any atom is 0.328 e. The molecule has 2 aliphatic heterocycles. The minimum atomic E-state index is -1.26. The van der Waals surface area contributed by atoms with Gasteiger partial charge in [-0.2, -0.15) is 0 Å². The molecule has 0 aromatic heterocycles. The highest BCUT2D eigenvalue weighted by Gasteiger charge is 2.37. The lowest BCUT2D eigenvalue weighted by molar-refractivity contribution is -0.134. The number of carbonyl (C=O) groups excluding carboxylic acids is 1. The fraction of sp³-hybridized carbons (Fsp3) is 0.417. The molecule has 0 bridgehead atoms. The molecule has 5 rings (SSSR count). The molecule has 2 amide bonds. The van der Waals surface area contributed by atoms with Gasteiger partial charge in [0.25, 0.3) is 0 Å². The van der Waals surface area contributed by atoms with Crippen LogP contribution in [-0.2, 0) is 19.2 Å². The van der Waals surface area contributed by atoms with E-state index in [1.54, 1.807) is 12.1 Å². The van der Waals surface area contributed by atoms with Crippen molar-refractivity contribution in [3.05, 3.63) is 94.8 Å². The lowest BCUT2D eigenvalue weighted by Crippen LogP contribution is -2.49. The van der Waals surface area contributed by atoms with Gasteiger partial charge in [-0.25, -0.2) is 28.4 Å². The Hall–Kier alpha value is -5.08. The lowest BCUT2D eigenvalue weighted by Gasteiger charge is -2.39. The molecule has 2 aromatic rings. The molecule has 270 valence electrons. The van der Waals surface area contributed by atoms with Crippen LogP contribution in [0.3, 0.4) is 0 Å². The van der Waals surface area contributed by atoms with Crippen molar-refractivity contribution in [2.24, 2.45) is 0 Å². The van der Waals surface area contributed by atoms with Crippen molar-refractivity contribution in [1.29, 1.82) is 0 Å². The molecule has 2 heterocycles. The van der Waals surface area contributed by atoms with E-state index in [-0.39, 0.29) is 17.9 Å². The summed E-state index contributed by atoms with van der Waals surface area (Å²) in [5, 5.41) is 31.2. The van der Waals surface area contributed by atoms with E-state index in [0.717, 1.165) is 58.8 Å². The number of aliphatic carboxylic acids is 4. The van der Waals surface area contributed by atoms with Crippen LogP contribution in [0.4, 0.5) is 9.18 Å². The van der Waals surface area contributed by atoms with E-state index in [9.17, 15) is 28.4 Å². The summed E-state index contributed by atoms with van der Waals surface area (Å²) in [5.41, 5.74) is 5.33. The first-order chi connectivity index (χ1) is 23.7. The number of urea groups is 1. The van der Waals surface area contributed by atoms with E-state index in [1.807, 2.05) is 21.9 Å². The number of carbonyl (C=O) groups is 5. The van der Waals surface area contributed by atoms with Gasteiger partial charge in [-0.05, 0) is 56.0 Å². The van der Waals surface area contributed by atoms with Gasteiger partial charge in [0.1, 0.15) is 5.82 Å². The second kappa shape index (κ2) is 18.6. The molecule has 4 N–H and O–H groups in total. The Morgan fingerprint density at radius 2 is 1.30 bits per heavy atom. The number of hydrogen-bond acceptors (Lipinski definition) is 7. The molecule has 0 spiro atoms. The minimum absolute atomic E-state index is 0.175. The number of benzene rings is 2. The van der Waals surface area contributed by atoms with Crippen LogP contribution in [0.25, 0.3) is 0 Å². The number of rotatable bonds is 10. The van der Waals surface area contributed by atoms with E-state index in [1.165, 1.54) is 22.3 Å². The number of amides is 2. The molecule has 2 saturated heterocycles. The molecule has 0 unspecified atom stereocenters. The second-order valence-corrected chi connectivity index (χ2v) is 12.4. The fourth-order valence-electron chi connectivity index (χ4n) is 6.27. The summed E-state index contributed by atoms with van der Waals surface area (Å²) >= 11 is 0. The fourth-order valence-corrected chi connectivity index (χ4v) is 6.27. The molecular formula is C36H45FN4O9. The van der Waals surface area contributed by atoms with E-state index in [4.69, 9.17) is 20.4 Å². The number of fused-ring (bicyclic) bond motifs is 1. The highest BCUT2D eigenvalue weighted by molar-refractivity contribution is 5.90. The van der Waals surface area contributed by atoms with Crippen LogP contribution in [-0.4, -0.2) is 128 Å². The molecule has 13 nitrogen and oxygen atoms in total. The summed E-state index contributed by atoms with van der Waals surface area (Å²) in [7, 11) is 0. The molecule has 0 saturated carbocycles. The Bertz CT molecular complexity index is 1500. The van der Waals surface area contributed by atoms with Crippen LogP contribution in [0.2, 0.25) is 0 Å². The third kappa shape index (κ3) is 11.8. The second-order valence-electron chi connectivity index (χ2n) is 12.4. The predicted molar refractivity (Wildman–Crippen MR) is 182 cm³/mol. The average Bonchev–Trinajstić information content (AvgIpc) is 3.63. The molecule has 50 heavy (non-hydrogen) atoms. The minimum Gasteiger partial charge on any atom is -0.478 e. The van der Waals surface area contributed by atoms with Crippen LogP contribution < -0.4 is 0 Å². The van der Waals surface area contributed by atoms with Gasteiger partial charge in [0.05, 0.1) is 0 Å². The maximum atomic E-state index is 13.5. The highest BCUT2D eigenvalue weighted by atomic mass is 19.1. The third-order valence-electron chi connectivity index (χ3n) is 8.73. The van der Waals surface area contributed by atoms with Gasteiger partial charge in [0, 0.05) is 94.7 Å². The normalized spacial score (nSPS) is 19.3. The molecule has 2 atom stereocenters. The molecule has 2 fully saturated rings. The SMILES string of the molecule is Cc1ccc2c(c1)[C@@H](c1ccc(F)cc1)C[C@@H]2N1CCN(CCN2CCN(C(C)C)C2=O)CC1.O=C(O)/C=C\C(=O)O.O=C(O)/C=C\C(=O)O. The van der Waals surface area contributed by atoms with Crippen molar-refractivity contribution in [1.82, 2.24) is 19.6 Å². The van der Waals surface area contributed by atoms with Gasteiger partial charge in [-0.1, -0.05) is 35.9 Å². The summed E-state index contributed by atoms with van der Waals surface area (Å²) in [6, 6.07) is 14.8. The van der Waals surface area contributed by atoms with Gasteiger partial charge >= 0.3 is 29.9 Å². The van der Waals surface area contributed by atoms with E-state index in [0.29, 0.717) is 36.3 Å². The molecule has 0 radical (unpaired) electrons. The number of halogens is 1. The standard InChI is InChI=1S/C28H37FN4O.2C4H4O4/c1-20(2)33-17-16-32(28(33)34)15-12-30-10-13-31(14-11-30)27-19-25(22-5-7-23(29)8-6-22)26-18-21(3)4-9-24(26)27;2*5-3(6)1-2-4(7)8/h4-9,18,20,25,27H,10-17,19H2,1-3H3;2*1-2H,(H,5,6)(H,7,8)/b;2*2-1-/t25-,27+;;/m1../s1. The summed E-state index contributed by atoms with van der Waals surface area (Å²) in [6.07, 6.45) is 3.28. The molecular weight excluding hydrogens is 651 g/mol. The Balaban J connectivity index is 0.000000352. The number of aryl methyl sites for hydroxylation is 1. The average molecular weight is 697 g/mol. The number of carboxylic acids is 4. The monoisotopic (exact) mass is 696 g/mol. The van der Waals surface area contributed by atoms with E-state index < -0.39 is 23.9 Å². The Labute approximate surface area is 290 Å². The highest BCUT2D eigenvalue weighted by Crippen LogP contribution is 2.47. The van der Waals surface area contributed by atoms with Crippen LogP contribution in [0, 0.1) is 12.7 Å². The number of hydrogen-bond donors (Lipinski definition) is 4. The molecule has 1 aliphatic carbocycles. The van der Waals surface area contributed by atoms with Crippen LogP contribution in [0.5, 0.6) is 0 Å². The lowest BCUT2D eigenvalue weighted by atomic mass is 9.92. The smallest absolute Gasteiger partial charge is 0.328 e. The Kier molecular flexibility index (Phi) is 14.7. The van der Waals surface area contributed by atoms with Gasteiger partial charge in [-0.15, -0.1) is 0 Å². The predicted octanol–water partition coefficient (Wildman–Crippen LogP) is 3.90. The summed E-state index contributed by atoms with van der Waals surface area (Å²) in [5.74, 6) is -4.88. The first-order valence-corrected chi connectivity index (χ1v) is 16.3. The third-order valence-corrected chi connectivity index (χ3v) is 8.73. The first-order valence-electron chi connectivity index (χ1n) is 16.3. The summed E-state index contributed by atoms with van der Waals surface area (Å²) in [4.78, 5) is 59.9. The van der Waals surface area contributed by atoms with Crippen LogP contribution in [0.15, 0.2) is 66.8 Å². The topological polar surface area (TPSA) is 179 Å². The first kappa shape index (κ1) is 39.4. The summed E-state index contributed by atoms with van der Waals surface area (Å²) < 4.78 is 13.5. The summed E-state index contributed by atoms with van der Waals surface area (Å²) in [6.45, 7) is 13.9. The zero-order chi connectivity index (χ0) is 37.0. The van der Waals surface area contributed by atoms with E-state index >= 15 is 0 Å².